The first-order valence-electron chi connectivity index (χ1n) is 7.44. The van der Waals surface area contributed by atoms with Crippen molar-refractivity contribution in [2.24, 2.45) is 5.92 Å². The minimum absolute atomic E-state index is 0.241. The molecule has 0 bridgehead atoms. The lowest BCUT2D eigenvalue weighted by Gasteiger charge is -2.32. The number of nitrogens with one attached hydrogen (secondary N) is 1. The molecule has 1 aromatic carbocycles. The molecule has 0 radical (unpaired) electrons. The molecule has 20 heavy (non-hydrogen) atoms. The molecule has 1 saturated carbocycles. The SMILES string of the molecule is FC(F)(F)C1CCC(NC2CCc3ccccc32)CC1. The van der Waals surface area contributed by atoms with Gasteiger partial charge < -0.3 is 5.32 Å². The van der Waals surface area contributed by atoms with Crippen LogP contribution in [0.5, 0.6) is 0 Å². The maximum atomic E-state index is 12.6. The molecule has 1 atom stereocenters. The second kappa shape index (κ2) is 5.40. The zero-order chi connectivity index (χ0) is 14.2. The van der Waals surface area contributed by atoms with Crippen LogP contribution in [0.1, 0.15) is 49.3 Å². The summed E-state index contributed by atoms with van der Waals surface area (Å²) in [6.07, 6.45) is -0.0357. The molecule has 0 heterocycles. The zero-order valence-electron chi connectivity index (χ0n) is 11.4. The number of fused-ring (bicyclic) bond motifs is 1. The van der Waals surface area contributed by atoms with E-state index >= 15 is 0 Å². The maximum Gasteiger partial charge on any atom is 0.391 e. The molecule has 0 aliphatic heterocycles. The summed E-state index contributed by atoms with van der Waals surface area (Å²) in [5, 5.41) is 3.58. The second-order valence-corrected chi connectivity index (χ2v) is 6.05. The Morgan fingerprint density at radius 2 is 1.65 bits per heavy atom. The average Bonchev–Trinajstić information content (AvgIpc) is 2.82. The first-order chi connectivity index (χ1) is 9.54. The standard InChI is InChI=1S/C16H20F3N/c17-16(18,19)12-6-8-13(9-7-12)20-15-10-5-11-3-1-2-4-14(11)15/h1-4,12-13,15,20H,5-10H2. The van der Waals surface area contributed by atoms with E-state index in [-0.39, 0.29) is 18.9 Å². The molecule has 1 unspecified atom stereocenters. The minimum atomic E-state index is -4.01. The number of rotatable bonds is 2. The number of benzene rings is 1. The van der Waals surface area contributed by atoms with Crippen molar-refractivity contribution in [3.05, 3.63) is 35.4 Å². The normalized spacial score (nSPS) is 30.2. The van der Waals surface area contributed by atoms with Crippen LogP contribution in [-0.4, -0.2) is 12.2 Å². The summed E-state index contributed by atoms with van der Waals surface area (Å²) in [7, 11) is 0. The summed E-state index contributed by atoms with van der Waals surface area (Å²) in [5.41, 5.74) is 2.72. The van der Waals surface area contributed by atoms with Crippen molar-refractivity contribution in [2.45, 2.75) is 56.8 Å². The summed E-state index contributed by atoms with van der Waals surface area (Å²) in [4.78, 5) is 0. The Morgan fingerprint density at radius 3 is 2.35 bits per heavy atom. The highest BCUT2D eigenvalue weighted by Crippen LogP contribution is 2.39. The van der Waals surface area contributed by atoms with Crippen LogP contribution in [0.2, 0.25) is 0 Å². The first-order valence-corrected chi connectivity index (χ1v) is 7.44. The highest BCUT2D eigenvalue weighted by molar-refractivity contribution is 5.34. The molecule has 2 aliphatic carbocycles. The molecule has 1 N–H and O–H groups in total. The van der Waals surface area contributed by atoms with E-state index in [9.17, 15) is 13.2 Å². The van der Waals surface area contributed by atoms with Crippen LogP contribution in [0.3, 0.4) is 0 Å². The van der Waals surface area contributed by atoms with E-state index in [2.05, 4.69) is 23.5 Å². The van der Waals surface area contributed by atoms with E-state index in [4.69, 9.17) is 0 Å². The van der Waals surface area contributed by atoms with Gasteiger partial charge in [0.2, 0.25) is 0 Å². The van der Waals surface area contributed by atoms with Crippen molar-refractivity contribution >= 4 is 0 Å². The van der Waals surface area contributed by atoms with Crippen molar-refractivity contribution in [3.63, 3.8) is 0 Å². The molecule has 0 amide bonds. The highest BCUT2D eigenvalue weighted by Gasteiger charge is 2.41. The molecule has 1 nitrogen and oxygen atoms in total. The van der Waals surface area contributed by atoms with Gasteiger partial charge in [0.1, 0.15) is 0 Å². The average molecular weight is 283 g/mol. The van der Waals surface area contributed by atoms with Gasteiger partial charge in [0, 0.05) is 12.1 Å². The third kappa shape index (κ3) is 2.85. The van der Waals surface area contributed by atoms with Crippen LogP contribution in [0.15, 0.2) is 24.3 Å². The zero-order valence-corrected chi connectivity index (χ0v) is 11.4. The van der Waals surface area contributed by atoms with E-state index in [1.807, 2.05) is 6.07 Å². The fraction of sp³-hybridized carbons (Fsp3) is 0.625. The van der Waals surface area contributed by atoms with Crippen LogP contribution in [0, 0.1) is 5.92 Å². The lowest BCUT2D eigenvalue weighted by molar-refractivity contribution is -0.182. The van der Waals surface area contributed by atoms with Crippen LogP contribution >= 0.6 is 0 Å². The molecule has 0 spiro atoms. The molecule has 3 rings (SSSR count). The lowest BCUT2D eigenvalue weighted by atomic mass is 9.85. The quantitative estimate of drug-likeness (QED) is 0.849. The van der Waals surface area contributed by atoms with Crippen molar-refractivity contribution in [1.29, 1.82) is 0 Å². The lowest BCUT2D eigenvalue weighted by Crippen LogP contribution is -2.38. The molecule has 110 valence electrons. The summed E-state index contributed by atoms with van der Waals surface area (Å²) in [6.45, 7) is 0. The number of hydrogen-bond donors (Lipinski definition) is 1. The van der Waals surface area contributed by atoms with Crippen molar-refractivity contribution in [1.82, 2.24) is 5.32 Å². The summed E-state index contributed by atoms with van der Waals surface area (Å²) in [6, 6.07) is 8.96. The van der Waals surface area contributed by atoms with Crippen LogP contribution in [0.25, 0.3) is 0 Å². The summed E-state index contributed by atoms with van der Waals surface area (Å²) in [5.74, 6) is -1.09. The number of halogens is 3. The van der Waals surface area contributed by atoms with E-state index in [1.54, 1.807) is 0 Å². The number of hydrogen-bond acceptors (Lipinski definition) is 1. The van der Waals surface area contributed by atoms with Gasteiger partial charge in [-0.05, 0) is 49.7 Å². The molecule has 4 heteroatoms. The van der Waals surface area contributed by atoms with Crippen LogP contribution < -0.4 is 5.32 Å². The Morgan fingerprint density at radius 1 is 0.950 bits per heavy atom. The van der Waals surface area contributed by atoms with E-state index in [1.165, 1.54) is 11.1 Å². The van der Waals surface area contributed by atoms with Crippen molar-refractivity contribution < 1.29 is 13.2 Å². The Labute approximate surface area is 117 Å². The molecule has 2 aliphatic rings. The molecule has 1 fully saturated rings. The molecular formula is C16H20F3N. The van der Waals surface area contributed by atoms with Crippen LogP contribution in [0.4, 0.5) is 13.2 Å². The van der Waals surface area contributed by atoms with Gasteiger partial charge in [-0.25, -0.2) is 0 Å². The van der Waals surface area contributed by atoms with Gasteiger partial charge in [-0.2, -0.15) is 13.2 Å². The predicted molar refractivity (Wildman–Crippen MR) is 72.4 cm³/mol. The molecule has 1 aromatic rings. The smallest absolute Gasteiger partial charge is 0.307 e. The van der Waals surface area contributed by atoms with Gasteiger partial charge in [0.25, 0.3) is 0 Å². The molecular weight excluding hydrogens is 263 g/mol. The number of aryl methyl sites for hydroxylation is 1. The first kappa shape index (κ1) is 13.9. The minimum Gasteiger partial charge on any atom is -0.307 e. The van der Waals surface area contributed by atoms with Gasteiger partial charge >= 0.3 is 6.18 Å². The van der Waals surface area contributed by atoms with E-state index in [0.29, 0.717) is 18.9 Å². The highest BCUT2D eigenvalue weighted by atomic mass is 19.4. The van der Waals surface area contributed by atoms with Gasteiger partial charge in [0.15, 0.2) is 0 Å². The molecule has 0 aromatic heterocycles. The third-order valence-electron chi connectivity index (χ3n) is 4.76. The topological polar surface area (TPSA) is 12.0 Å². The van der Waals surface area contributed by atoms with Gasteiger partial charge in [-0.15, -0.1) is 0 Å². The van der Waals surface area contributed by atoms with Crippen LogP contribution in [-0.2, 0) is 6.42 Å². The Bertz CT molecular complexity index is 461. The van der Waals surface area contributed by atoms with Gasteiger partial charge in [-0.1, -0.05) is 24.3 Å². The monoisotopic (exact) mass is 283 g/mol. The maximum absolute atomic E-state index is 12.6. The third-order valence-corrected chi connectivity index (χ3v) is 4.76. The Hall–Kier alpha value is -1.03. The van der Waals surface area contributed by atoms with Gasteiger partial charge in [-0.3, -0.25) is 0 Å². The number of alkyl halides is 3. The fourth-order valence-electron chi connectivity index (χ4n) is 3.60. The summed E-state index contributed by atoms with van der Waals surface area (Å²) < 4.78 is 37.9. The van der Waals surface area contributed by atoms with E-state index < -0.39 is 12.1 Å². The Kier molecular flexibility index (Phi) is 3.76. The second-order valence-electron chi connectivity index (χ2n) is 6.05. The van der Waals surface area contributed by atoms with Crippen molar-refractivity contribution in [3.8, 4) is 0 Å². The molecule has 0 saturated heterocycles. The van der Waals surface area contributed by atoms with Gasteiger partial charge in [0.05, 0.1) is 5.92 Å². The fourth-order valence-corrected chi connectivity index (χ4v) is 3.60. The van der Waals surface area contributed by atoms with Crippen molar-refractivity contribution in [2.75, 3.05) is 0 Å². The predicted octanol–water partition coefficient (Wildman–Crippen LogP) is 4.38. The summed E-state index contributed by atoms with van der Waals surface area (Å²) >= 11 is 0. The largest absolute Gasteiger partial charge is 0.391 e. The Balaban J connectivity index is 1.56. The van der Waals surface area contributed by atoms with E-state index in [0.717, 1.165) is 12.8 Å².